The second-order valence-electron chi connectivity index (χ2n) is 10.6. The van der Waals surface area contributed by atoms with Crippen LogP contribution in [-0.2, 0) is 12.8 Å². The van der Waals surface area contributed by atoms with E-state index in [1.807, 2.05) is 12.3 Å². The first-order valence-corrected chi connectivity index (χ1v) is 13.8. The van der Waals surface area contributed by atoms with Crippen molar-refractivity contribution >= 4 is 17.1 Å². The van der Waals surface area contributed by atoms with Gasteiger partial charge in [-0.3, -0.25) is 4.98 Å². The van der Waals surface area contributed by atoms with Crippen molar-refractivity contribution in [2.45, 2.75) is 82.8 Å². The third kappa shape index (κ3) is 5.40. The number of nitrogens with zero attached hydrogens (tertiary/aromatic N) is 3. The molecule has 0 saturated carbocycles. The Kier molecular flexibility index (Phi) is 7.95. The number of nitrogens with one attached hydrogen (secondary N) is 1. The number of allylic oxidation sites excluding steroid dienone is 2. The van der Waals surface area contributed by atoms with Crippen molar-refractivity contribution in [3.05, 3.63) is 88.1 Å². The van der Waals surface area contributed by atoms with Crippen molar-refractivity contribution in [2.24, 2.45) is 5.73 Å². The maximum absolute atomic E-state index is 10.8. The zero-order chi connectivity index (χ0) is 26.6. The van der Waals surface area contributed by atoms with E-state index in [9.17, 15) is 5.11 Å². The van der Waals surface area contributed by atoms with Crippen LogP contribution < -0.4 is 11.5 Å². The Hall–Kier alpha value is -3.42. The Morgan fingerprint density at radius 3 is 2.66 bits per heavy atom. The number of benzene rings is 1. The molecule has 198 valence electrons. The van der Waals surface area contributed by atoms with Gasteiger partial charge in [0.05, 0.1) is 23.2 Å². The molecule has 5 rings (SSSR count). The minimum Gasteiger partial charge on any atom is -0.387 e. The van der Waals surface area contributed by atoms with Crippen LogP contribution in [0.5, 0.6) is 0 Å². The zero-order valence-electron chi connectivity index (χ0n) is 22.2. The fourth-order valence-corrected chi connectivity index (χ4v) is 5.93. The molecule has 6 N–H and O–H groups in total. The number of pyridine rings is 1. The summed E-state index contributed by atoms with van der Waals surface area (Å²) in [5, 5.41) is 19.9. The molecule has 2 aliphatic carbocycles. The molecular weight excluding hydrogens is 472 g/mol. The Labute approximate surface area is 225 Å². The minimum absolute atomic E-state index is 0.0195. The van der Waals surface area contributed by atoms with Crippen LogP contribution in [0, 0.1) is 5.41 Å². The van der Waals surface area contributed by atoms with E-state index in [4.69, 9.17) is 26.8 Å². The molecule has 0 spiro atoms. The second-order valence-corrected chi connectivity index (χ2v) is 10.6. The van der Waals surface area contributed by atoms with E-state index in [0.29, 0.717) is 22.8 Å². The number of anilines is 1. The maximum atomic E-state index is 10.8. The van der Waals surface area contributed by atoms with Crippen LogP contribution in [0.4, 0.5) is 5.82 Å². The van der Waals surface area contributed by atoms with Crippen LogP contribution in [0.2, 0.25) is 0 Å². The minimum atomic E-state index is -0.841. The normalized spacial score (nSPS) is 22.2. The second kappa shape index (κ2) is 11.5. The smallest absolute Gasteiger partial charge is 0.152 e. The van der Waals surface area contributed by atoms with Gasteiger partial charge in [-0.2, -0.15) is 0 Å². The van der Waals surface area contributed by atoms with Crippen molar-refractivity contribution in [1.29, 1.82) is 5.41 Å². The number of hydrogen-bond donors (Lipinski definition) is 4. The summed E-state index contributed by atoms with van der Waals surface area (Å²) in [5.74, 6) is 0.101. The topological polar surface area (TPSA) is 135 Å². The monoisotopic (exact) mass is 510 g/mol. The fourth-order valence-electron chi connectivity index (χ4n) is 5.93. The number of aromatic nitrogens is 3. The molecule has 0 bridgehead atoms. The van der Waals surface area contributed by atoms with Crippen LogP contribution in [0.15, 0.2) is 48.7 Å². The quantitative estimate of drug-likeness (QED) is 0.267. The molecule has 2 heterocycles. The molecule has 2 aliphatic rings. The first kappa shape index (κ1) is 26.2. The number of aryl methyl sites for hydroxylation is 2. The van der Waals surface area contributed by atoms with E-state index >= 15 is 0 Å². The van der Waals surface area contributed by atoms with Gasteiger partial charge in [0, 0.05) is 23.9 Å². The summed E-state index contributed by atoms with van der Waals surface area (Å²) in [6, 6.07) is 12.4. The van der Waals surface area contributed by atoms with E-state index < -0.39 is 6.10 Å². The standard InChI is InChI=1S/C31H38N6O/c1-19(38)28-29(21-11-6-10-20-9-2-3-13-22(20)25(32)16-7-12-21)37-31(34)30(36-28)27(33)24-14-4-5-17-26-23(24)15-8-18-35-26/h2-3,8-9,12-13,15,18-19,24-25,33,38H,4-7,10-11,14,16-17,32H2,1H3,(H2,34,37)/b21-12+,33-27?/t19?,24?,25-/m0/s1. The van der Waals surface area contributed by atoms with E-state index in [-0.39, 0.29) is 17.8 Å². The number of nitrogens with two attached hydrogens (primary N) is 2. The van der Waals surface area contributed by atoms with Gasteiger partial charge in [-0.25, -0.2) is 9.97 Å². The molecule has 0 amide bonds. The molecular formula is C31H38N6O. The SMILES string of the molecule is CC(O)c1nc(C(=N)C2CCCCc3ncccc32)c(N)nc1/C1=C/CC[C@H](N)c2ccccc2CCC1. The van der Waals surface area contributed by atoms with Gasteiger partial charge in [0.1, 0.15) is 5.69 Å². The molecule has 0 radical (unpaired) electrons. The lowest BCUT2D eigenvalue weighted by Crippen LogP contribution is -2.21. The fraction of sp³-hybridized carbons (Fsp3) is 0.419. The van der Waals surface area contributed by atoms with Gasteiger partial charge >= 0.3 is 0 Å². The van der Waals surface area contributed by atoms with E-state index in [1.54, 1.807) is 6.92 Å². The number of fused-ring (bicyclic) bond motifs is 2. The van der Waals surface area contributed by atoms with Gasteiger partial charge in [0.15, 0.2) is 5.82 Å². The van der Waals surface area contributed by atoms with Crippen LogP contribution >= 0.6 is 0 Å². The van der Waals surface area contributed by atoms with E-state index in [1.165, 1.54) is 11.1 Å². The lowest BCUT2D eigenvalue weighted by Gasteiger charge is -2.22. The van der Waals surface area contributed by atoms with Crippen molar-refractivity contribution in [2.75, 3.05) is 5.73 Å². The van der Waals surface area contributed by atoms with Crippen LogP contribution in [-0.4, -0.2) is 25.8 Å². The van der Waals surface area contributed by atoms with Crippen molar-refractivity contribution in [1.82, 2.24) is 15.0 Å². The molecule has 0 saturated heterocycles. The zero-order valence-corrected chi connectivity index (χ0v) is 22.2. The maximum Gasteiger partial charge on any atom is 0.152 e. The molecule has 3 aromatic rings. The molecule has 0 aliphatic heterocycles. The molecule has 2 unspecified atom stereocenters. The highest BCUT2D eigenvalue weighted by Gasteiger charge is 2.28. The van der Waals surface area contributed by atoms with Crippen LogP contribution in [0.25, 0.3) is 5.57 Å². The highest BCUT2D eigenvalue weighted by Crippen LogP contribution is 2.35. The van der Waals surface area contributed by atoms with Crippen molar-refractivity contribution in [3.63, 3.8) is 0 Å². The first-order chi connectivity index (χ1) is 18.4. The van der Waals surface area contributed by atoms with Gasteiger partial charge in [0.2, 0.25) is 0 Å². The van der Waals surface area contributed by atoms with Crippen molar-refractivity contribution in [3.8, 4) is 0 Å². The van der Waals surface area contributed by atoms with E-state index in [0.717, 1.165) is 74.6 Å². The molecule has 7 heteroatoms. The van der Waals surface area contributed by atoms with Crippen LogP contribution in [0.1, 0.15) is 109 Å². The lowest BCUT2D eigenvalue weighted by molar-refractivity contribution is 0.193. The Bertz CT molecular complexity index is 1350. The lowest BCUT2D eigenvalue weighted by atomic mass is 9.88. The van der Waals surface area contributed by atoms with Crippen molar-refractivity contribution < 1.29 is 5.11 Å². The molecule has 7 nitrogen and oxygen atoms in total. The van der Waals surface area contributed by atoms with E-state index in [2.05, 4.69) is 41.4 Å². The van der Waals surface area contributed by atoms with Gasteiger partial charge < -0.3 is 22.0 Å². The summed E-state index contributed by atoms with van der Waals surface area (Å²) in [5.41, 5.74) is 20.6. The highest BCUT2D eigenvalue weighted by molar-refractivity contribution is 6.04. The number of hydrogen-bond acceptors (Lipinski definition) is 7. The van der Waals surface area contributed by atoms with Gasteiger partial charge in [-0.1, -0.05) is 42.8 Å². The summed E-state index contributed by atoms with van der Waals surface area (Å²) in [6.45, 7) is 1.70. The molecule has 1 aromatic carbocycles. The van der Waals surface area contributed by atoms with Crippen LogP contribution in [0.3, 0.4) is 0 Å². The van der Waals surface area contributed by atoms with Gasteiger partial charge in [0.25, 0.3) is 0 Å². The summed E-state index contributed by atoms with van der Waals surface area (Å²) in [4.78, 5) is 14.2. The number of aliphatic hydroxyl groups is 1. The van der Waals surface area contributed by atoms with Gasteiger partial charge in [-0.05, 0) is 86.6 Å². The summed E-state index contributed by atoms with van der Waals surface area (Å²) in [6.07, 6.45) is 11.3. The predicted molar refractivity (Wildman–Crippen MR) is 152 cm³/mol. The molecule has 2 aromatic heterocycles. The average Bonchev–Trinajstić information content (AvgIpc) is 3.14. The molecule has 3 atom stereocenters. The number of aliphatic hydroxyl groups excluding tert-OH is 1. The average molecular weight is 511 g/mol. The summed E-state index contributed by atoms with van der Waals surface area (Å²) < 4.78 is 0. The Balaban J connectivity index is 1.48. The summed E-state index contributed by atoms with van der Waals surface area (Å²) in [7, 11) is 0. The number of nitrogen functional groups attached to an aromatic ring is 1. The first-order valence-electron chi connectivity index (χ1n) is 13.8. The third-order valence-electron chi connectivity index (χ3n) is 7.93. The third-order valence-corrected chi connectivity index (χ3v) is 7.93. The largest absolute Gasteiger partial charge is 0.387 e. The summed E-state index contributed by atoms with van der Waals surface area (Å²) >= 11 is 0. The highest BCUT2D eigenvalue weighted by atomic mass is 16.3. The molecule has 0 fully saturated rings. The Morgan fingerprint density at radius 1 is 1.00 bits per heavy atom. The van der Waals surface area contributed by atoms with Gasteiger partial charge in [-0.15, -0.1) is 0 Å². The number of rotatable bonds is 4. The predicted octanol–water partition coefficient (Wildman–Crippen LogP) is 5.59. The molecule has 38 heavy (non-hydrogen) atoms. The Morgan fingerprint density at radius 2 is 1.82 bits per heavy atom.